The molecule has 0 aliphatic carbocycles. The quantitative estimate of drug-likeness (QED) is 0.710. The SMILES string of the molecule is C=CCNC(=O)c1ccc(Nc2ccc(NC(C)=O)cc2)nn1. The number of amides is 2. The number of hydrogen-bond acceptors (Lipinski definition) is 5. The number of benzene rings is 1. The van der Waals surface area contributed by atoms with Crippen molar-refractivity contribution in [2.24, 2.45) is 0 Å². The van der Waals surface area contributed by atoms with Crippen LogP contribution in [0.1, 0.15) is 17.4 Å². The number of rotatable bonds is 6. The Kier molecular flexibility index (Phi) is 5.40. The Balaban J connectivity index is 1.99. The Hall–Kier alpha value is -3.22. The van der Waals surface area contributed by atoms with Crippen LogP contribution in [0, 0.1) is 0 Å². The predicted octanol–water partition coefficient (Wildman–Crippen LogP) is 2.09. The van der Waals surface area contributed by atoms with Gasteiger partial charge in [-0.15, -0.1) is 16.8 Å². The van der Waals surface area contributed by atoms with Crippen molar-refractivity contribution in [3.05, 3.63) is 54.7 Å². The molecule has 0 unspecified atom stereocenters. The van der Waals surface area contributed by atoms with Gasteiger partial charge in [0.1, 0.15) is 0 Å². The number of carbonyl (C=O) groups excluding carboxylic acids is 2. The smallest absolute Gasteiger partial charge is 0.272 e. The second-order valence-electron chi connectivity index (χ2n) is 4.69. The molecule has 2 aromatic rings. The molecule has 1 aromatic heterocycles. The van der Waals surface area contributed by atoms with Crippen molar-refractivity contribution in [3.63, 3.8) is 0 Å². The van der Waals surface area contributed by atoms with Crippen molar-refractivity contribution >= 4 is 29.0 Å². The van der Waals surface area contributed by atoms with Gasteiger partial charge in [-0.05, 0) is 36.4 Å². The molecule has 0 radical (unpaired) electrons. The van der Waals surface area contributed by atoms with Gasteiger partial charge in [-0.1, -0.05) is 6.08 Å². The van der Waals surface area contributed by atoms with E-state index in [1.165, 1.54) is 6.92 Å². The monoisotopic (exact) mass is 311 g/mol. The molecule has 0 aliphatic heterocycles. The second-order valence-corrected chi connectivity index (χ2v) is 4.69. The zero-order valence-electron chi connectivity index (χ0n) is 12.7. The summed E-state index contributed by atoms with van der Waals surface area (Å²) in [5.41, 5.74) is 1.74. The lowest BCUT2D eigenvalue weighted by atomic mass is 10.2. The highest BCUT2D eigenvalue weighted by atomic mass is 16.2. The molecule has 7 nitrogen and oxygen atoms in total. The van der Waals surface area contributed by atoms with Crippen LogP contribution in [0.2, 0.25) is 0 Å². The lowest BCUT2D eigenvalue weighted by Gasteiger charge is -2.07. The summed E-state index contributed by atoms with van der Waals surface area (Å²) >= 11 is 0. The highest BCUT2D eigenvalue weighted by molar-refractivity contribution is 5.92. The maximum Gasteiger partial charge on any atom is 0.272 e. The van der Waals surface area contributed by atoms with E-state index in [0.29, 0.717) is 18.1 Å². The van der Waals surface area contributed by atoms with E-state index in [-0.39, 0.29) is 17.5 Å². The zero-order valence-corrected chi connectivity index (χ0v) is 12.7. The first-order valence-corrected chi connectivity index (χ1v) is 6.96. The van der Waals surface area contributed by atoms with Gasteiger partial charge in [-0.2, -0.15) is 0 Å². The maximum absolute atomic E-state index is 11.7. The largest absolute Gasteiger partial charge is 0.347 e. The summed E-state index contributed by atoms with van der Waals surface area (Å²) in [6, 6.07) is 10.4. The van der Waals surface area contributed by atoms with Gasteiger partial charge in [0.05, 0.1) is 0 Å². The van der Waals surface area contributed by atoms with E-state index in [1.807, 2.05) is 0 Å². The van der Waals surface area contributed by atoms with Gasteiger partial charge in [0.25, 0.3) is 5.91 Å². The van der Waals surface area contributed by atoms with Gasteiger partial charge in [-0.25, -0.2) is 0 Å². The van der Waals surface area contributed by atoms with E-state index in [2.05, 4.69) is 32.7 Å². The van der Waals surface area contributed by atoms with Crippen LogP contribution >= 0.6 is 0 Å². The Bertz CT molecular complexity index is 695. The van der Waals surface area contributed by atoms with Crippen molar-refractivity contribution in [2.75, 3.05) is 17.2 Å². The fourth-order valence-corrected chi connectivity index (χ4v) is 1.76. The van der Waals surface area contributed by atoms with Crippen LogP contribution in [-0.2, 0) is 4.79 Å². The summed E-state index contributed by atoms with van der Waals surface area (Å²) in [7, 11) is 0. The van der Waals surface area contributed by atoms with E-state index in [1.54, 1.807) is 42.5 Å². The predicted molar refractivity (Wildman–Crippen MR) is 88.6 cm³/mol. The summed E-state index contributed by atoms with van der Waals surface area (Å²) in [5.74, 6) is 0.0862. The molecule has 1 heterocycles. The van der Waals surface area contributed by atoms with Gasteiger partial charge in [-0.3, -0.25) is 9.59 Å². The number of aromatic nitrogens is 2. The maximum atomic E-state index is 11.7. The fourth-order valence-electron chi connectivity index (χ4n) is 1.76. The zero-order chi connectivity index (χ0) is 16.7. The third-order valence-corrected chi connectivity index (χ3v) is 2.78. The van der Waals surface area contributed by atoms with Gasteiger partial charge in [0.2, 0.25) is 5.91 Å². The Morgan fingerprint density at radius 3 is 2.35 bits per heavy atom. The highest BCUT2D eigenvalue weighted by Crippen LogP contribution is 2.17. The molecule has 1 aromatic carbocycles. The molecular formula is C16H17N5O2. The number of anilines is 3. The normalized spacial score (nSPS) is 9.78. The van der Waals surface area contributed by atoms with Crippen molar-refractivity contribution in [1.82, 2.24) is 15.5 Å². The number of nitrogens with one attached hydrogen (secondary N) is 3. The van der Waals surface area contributed by atoms with Gasteiger partial charge in [0.15, 0.2) is 11.5 Å². The van der Waals surface area contributed by atoms with Gasteiger partial charge < -0.3 is 16.0 Å². The highest BCUT2D eigenvalue weighted by Gasteiger charge is 2.07. The minimum absolute atomic E-state index is 0.123. The van der Waals surface area contributed by atoms with Crippen molar-refractivity contribution in [1.29, 1.82) is 0 Å². The topological polar surface area (TPSA) is 96.0 Å². The summed E-state index contributed by atoms with van der Waals surface area (Å²) in [5, 5.41) is 16.2. The van der Waals surface area contributed by atoms with E-state index in [0.717, 1.165) is 5.69 Å². The number of hydrogen-bond donors (Lipinski definition) is 3. The minimum atomic E-state index is -0.302. The van der Waals surface area contributed by atoms with Gasteiger partial charge in [0, 0.05) is 24.8 Å². The molecule has 0 saturated heterocycles. The van der Waals surface area contributed by atoms with Crippen LogP contribution < -0.4 is 16.0 Å². The third-order valence-electron chi connectivity index (χ3n) is 2.78. The van der Waals surface area contributed by atoms with E-state index >= 15 is 0 Å². The molecule has 0 spiro atoms. The number of nitrogens with zero attached hydrogens (tertiary/aromatic N) is 2. The summed E-state index contributed by atoms with van der Waals surface area (Å²) < 4.78 is 0. The molecule has 3 N–H and O–H groups in total. The molecule has 7 heteroatoms. The minimum Gasteiger partial charge on any atom is -0.347 e. The molecule has 2 rings (SSSR count). The molecule has 0 fully saturated rings. The fraction of sp³-hybridized carbons (Fsp3) is 0.125. The average molecular weight is 311 g/mol. The molecule has 0 atom stereocenters. The molecule has 0 saturated carbocycles. The van der Waals surface area contributed by atoms with Crippen LogP contribution in [0.5, 0.6) is 0 Å². The number of carbonyl (C=O) groups is 2. The molecular weight excluding hydrogens is 294 g/mol. The first-order chi connectivity index (χ1) is 11.1. The van der Waals surface area contributed by atoms with Crippen LogP contribution in [-0.4, -0.2) is 28.6 Å². The van der Waals surface area contributed by atoms with Crippen LogP contribution in [0.4, 0.5) is 17.2 Å². The molecule has 0 bridgehead atoms. The molecule has 0 aliphatic rings. The Labute approximate surface area is 133 Å². The van der Waals surface area contributed by atoms with Crippen molar-refractivity contribution < 1.29 is 9.59 Å². The Morgan fingerprint density at radius 1 is 1.09 bits per heavy atom. The Morgan fingerprint density at radius 2 is 1.78 bits per heavy atom. The standard InChI is InChI=1S/C16H17N5O2/c1-3-10-17-16(23)14-8-9-15(21-20-14)19-13-6-4-12(5-7-13)18-11(2)22/h3-9H,1,10H2,2H3,(H,17,23)(H,18,22)(H,19,21). The van der Waals surface area contributed by atoms with Crippen molar-refractivity contribution in [3.8, 4) is 0 Å². The summed E-state index contributed by atoms with van der Waals surface area (Å²) in [6.07, 6.45) is 1.59. The molecule has 118 valence electrons. The average Bonchev–Trinajstić information content (AvgIpc) is 2.54. The van der Waals surface area contributed by atoms with Gasteiger partial charge >= 0.3 is 0 Å². The first-order valence-electron chi connectivity index (χ1n) is 6.96. The summed E-state index contributed by atoms with van der Waals surface area (Å²) in [6.45, 7) is 5.35. The lowest BCUT2D eigenvalue weighted by Crippen LogP contribution is -2.24. The molecule has 23 heavy (non-hydrogen) atoms. The van der Waals surface area contributed by atoms with Crippen LogP contribution in [0.25, 0.3) is 0 Å². The first kappa shape index (κ1) is 16.2. The third kappa shape index (κ3) is 4.92. The van der Waals surface area contributed by atoms with E-state index in [9.17, 15) is 9.59 Å². The van der Waals surface area contributed by atoms with Crippen molar-refractivity contribution in [2.45, 2.75) is 6.92 Å². The summed E-state index contributed by atoms with van der Waals surface area (Å²) in [4.78, 5) is 22.6. The van der Waals surface area contributed by atoms with E-state index < -0.39 is 0 Å². The van der Waals surface area contributed by atoms with Crippen LogP contribution in [0.3, 0.4) is 0 Å². The molecule has 2 amide bonds. The second kappa shape index (κ2) is 7.69. The van der Waals surface area contributed by atoms with Crippen LogP contribution in [0.15, 0.2) is 49.1 Å². The lowest BCUT2D eigenvalue weighted by molar-refractivity contribution is -0.114. The van der Waals surface area contributed by atoms with E-state index in [4.69, 9.17) is 0 Å².